The molecule has 0 bridgehead atoms. The van der Waals surface area contributed by atoms with E-state index in [4.69, 9.17) is 14.9 Å². The molecule has 0 saturated carbocycles. The van der Waals surface area contributed by atoms with Gasteiger partial charge in [0, 0.05) is 51.5 Å². The van der Waals surface area contributed by atoms with Gasteiger partial charge in [0.1, 0.15) is 5.75 Å². The molecule has 3 rings (SSSR count). The zero-order valence-electron chi connectivity index (χ0n) is 20.9. The molecule has 2 fully saturated rings. The fourth-order valence-corrected chi connectivity index (χ4v) is 4.33. The van der Waals surface area contributed by atoms with Gasteiger partial charge in [-0.1, -0.05) is 0 Å². The predicted octanol–water partition coefficient (Wildman–Crippen LogP) is 3.53. The lowest BCUT2D eigenvalue weighted by Gasteiger charge is -2.43. The number of halogens is 4. The van der Waals surface area contributed by atoms with Crippen molar-refractivity contribution < 1.29 is 31.8 Å². The zero-order valence-corrected chi connectivity index (χ0v) is 20.9. The minimum absolute atomic E-state index is 0.00221. The van der Waals surface area contributed by atoms with Gasteiger partial charge in [-0.3, -0.25) is 15.2 Å². The van der Waals surface area contributed by atoms with Crippen molar-refractivity contribution in [2.45, 2.75) is 32.3 Å². The van der Waals surface area contributed by atoms with Crippen LogP contribution in [0.5, 0.6) is 5.75 Å². The topological polar surface area (TPSA) is 73.3 Å². The molecule has 2 N–H and O–H groups in total. The molecule has 36 heavy (non-hydrogen) atoms. The number of ether oxygens (including phenoxy) is 3. The van der Waals surface area contributed by atoms with E-state index >= 15 is 4.39 Å². The van der Waals surface area contributed by atoms with Gasteiger partial charge in [0.15, 0.2) is 11.7 Å². The van der Waals surface area contributed by atoms with Crippen LogP contribution in [0, 0.1) is 5.41 Å². The Morgan fingerprint density at radius 3 is 2.44 bits per heavy atom. The molecule has 2 atom stereocenters. The van der Waals surface area contributed by atoms with Gasteiger partial charge < -0.3 is 24.4 Å². The molecule has 2 saturated heterocycles. The Hall–Kier alpha value is -2.41. The zero-order chi connectivity index (χ0) is 26.3. The number of hydrogen-bond acceptors (Lipinski definition) is 7. The van der Waals surface area contributed by atoms with Crippen molar-refractivity contribution in [1.82, 2.24) is 14.7 Å². The number of hydrogen-bond donors (Lipinski definition) is 2. The monoisotopic (exact) mass is 517 g/mol. The van der Waals surface area contributed by atoms with Gasteiger partial charge in [0.2, 0.25) is 0 Å². The van der Waals surface area contributed by atoms with Crippen molar-refractivity contribution in [2.75, 3.05) is 71.5 Å². The van der Waals surface area contributed by atoms with Gasteiger partial charge in [-0.05, 0) is 38.1 Å². The third kappa shape index (κ3) is 8.32. The molecule has 2 aliphatic heterocycles. The average molecular weight is 518 g/mol. The van der Waals surface area contributed by atoms with E-state index in [9.17, 15) is 13.2 Å². The van der Waals surface area contributed by atoms with Crippen LogP contribution < -0.4 is 10.1 Å². The van der Waals surface area contributed by atoms with Crippen molar-refractivity contribution in [3.05, 3.63) is 35.8 Å². The number of nitrogens with zero attached hydrogens (tertiary/aromatic N) is 3. The molecule has 202 valence electrons. The van der Waals surface area contributed by atoms with Gasteiger partial charge in [0.05, 0.1) is 38.2 Å². The van der Waals surface area contributed by atoms with Crippen molar-refractivity contribution in [1.29, 1.82) is 5.41 Å². The Morgan fingerprint density at radius 1 is 1.14 bits per heavy atom. The van der Waals surface area contributed by atoms with Crippen LogP contribution >= 0.6 is 0 Å². The number of benzene rings is 1. The number of morpholine rings is 2. The minimum Gasteiger partial charge on any atom is -0.406 e. The molecule has 0 radical (unpaired) electrons. The number of anilines is 1. The van der Waals surface area contributed by atoms with E-state index in [1.165, 1.54) is 19.1 Å². The van der Waals surface area contributed by atoms with E-state index < -0.39 is 12.2 Å². The first-order chi connectivity index (χ1) is 17.0. The lowest BCUT2D eigenvalue weighted by molar-refractivity contribution is -0.274. The normalized spacial score (nSPS) is 22.6. The molecular weight excluding hydrogens is 482 g/mol. The van der Waals surface area contributed by atoms with Crippen molar-refractivity contribution >= 4 is 11.5 Å². The third-order valence-electron chi connectivity index (χ3n) is 6.31. The van der Waals surface area contributed by atoms with Crippen molar-refractivity contribution in [2.24, 2.45) is 0 Å². The quantitative estimate of drug-likeness (QED) is 0.295. The van der Waals surface area contributed by atoms with E-state index in [2.05, 4.69) is 26.8 Å². The molecule has 0 aliphatic carbocycles. The van der Waals surface area contributed by atoms with Gasteiger partial charge in [0.25, 0.3) is 0 Å². The average Bonchev–Trinajstić information content (AvgIpc) is 2.83. The highest BCUT2D eigenvalue weighted by molar-refractivity contribution is 5.94. The molecule has 1 aromatic rings. The lowest BCUT2D eigenvalue weighted by atomic mass is 10.1. The fourth-order valence-electron chi connectivity index (χ4n) is 4.33. The number of rotatable bonds is 9. The van der Waals surface area contributed by atoms with Crippen LogP contribution in [-0.2, 0) is 9.47 Å². The maximum atomic E-state index is 15.1. The highest BCUT2D eigenvalue weighted by Crippen LogP contribution is 2.25. The molecule has 12 heteroatoms. The molecule has 0 amide bonds. The Morgan fingerprint density at radius 2 is 1.81 bits per heavy atom. The van der Waals surface area contributed by atoms with Crippen LogP contribution in [0.15, 0.2) is 35.8 Å². The van der Waals surface area contributed by atoms with Crippen LogP contribution in [0.1, 0.15) is 13.8 Å². The standard InChI is InChI=1S/C24H35F4N5O3/c1-17-15-35-16-20(33(17)9-8-32-10-12-34-13-11-32)14-31(3)23(29)22(25)18(2)30-19-4-6-21(7-5-19)36-24(26,27)28/h4-7,17,20,29-30H,8-16H2,1-3H3/b22-18+,29-23?. The van der Waals surface area contributed by atoms with Crippen LogP contribution in [0.3, 0.4) is 0 Å². The summed E-state index contributed by atoms with van der Waals surface area (Å²) in [7, 11) is 1.66. The van der Waals surface area contributed by atoms with E-state index in [0.29, 0.717) is 25.4 Å². The number of likely N-dealkylation sites (N-methyl/N-ethyl adjacent to an activating group) is 1. The Balaban J connectivity index is 1.57. The molecule has 0 aromatic heterocycles. The summed E-state index contributed by atoms with van der Waals surface area (Å²) < 4.78 is 67.0. The number of amidine groups is 1. The smallest absolute Gasteiger partial charge is 0.406 e. The number of nitrogens with one attached hydrogen (secondary N) is 2. The molecule has 2 aliphatic rings. The van der Waals surface area contributed by atoms with E-state index in [0.717, 1.165) is 51.5 Å². The second-order valence-electron chi connectivity index (χ2n) is 9.10. The maximum absolute atomic E-state index is 15.1. The summed E-state index contributed by atoms with van der Waals surface area (Å²) >= 11 is 0. The van der Waals surface area contributed by atoms with Crippen molar-refractivity contribution in [3.8, 4) is 5.75 Å². The summed E-state index contributed by atoms with van der Waals surface area (Å²) in [6.07, 6.45) is -4.78. The third-order valence-corrected chi connectivity index (χ3v) is 6.31. The summed E-state index contributed by atoms with van der Waals surface area (Å²) in [6, 6.07) is 5.17. The van der Waals surface area contributed by atoms with Gasteiger partial charge in [-0.15, -0.1) is 13.2 Å². The second kappa shape index (κ2) is 12.7. The first kappa shape index (κ1) is 28.2. The second-order valence-corrected chi connectivity index (χ2v) is 9.10. The molecular formula is C24H35F4N5O3. The van der Waals surface area contributed by atoms with Crippen LogP contribution in [0.4, 0.5) is 23.2 Å². The van der Waals surface area contributed by atoms with Crippen molar-refractivity contribution in [3.63, 3.8) is 0 Å². The van der Waals surface area contributed by atoms with Crippen LogP contribution in [0.2, 0.25) is 0 Å². The largest absolute Gasteiger partial charge is 0.573 e. The van der Waals surface area contributed by atoms with Crippen LogP contribution in [-0.4, -0.2) is 105 Å². The molecule has 2 heterocycles. The number of alkyl halides is 3. The van der Waals surface area contributed by atoms with Gasteiger partial charge in [-0.2, -0.15) is 0 Å². The first-order valence-corrected chi connectivity index (χ1v) is 12.0. The lowest BCUT2D eigenvalue weighted by Crippen LogP contribution is -2.57. The minimum atomic E-state index is -4.78. The predicted molar refractivity (Wildman–Crippen MR) is 129 cm³/mol. The van der Waals surface area contributed by atoms with Gasteiger partial charge >= 0.3 is 6.36 Å². The highest BCUT2D eigenvalue weighted by atomic mass is 19.4. The Bertz CT molecular complexity index is 891. The first-order valence-electron chi connectivity index (χ1n) is 12.0. The van der Waals surface area contributed by atoms with Gasteiger partial charge in [-0.25, -0.2) is 4.39 Å². The summed E-state index contributed by atoms with van der Waals surface area (Å²) in [5, 5.41) is 11.1. The Labute approximate surface area is 209 Å². The highest BCUT2D eigenvalue weighted by Gasteiger charge is 2.32. The van der Waals surface area contributed by atoms with E-state index in [1.54, 1.807) is 11.9 Å². The summed E-state index contributed by atoms with van der Waals surface area (Å²) in [5.41, 5.74) is 0.449. The van der Waals surface area contributed by atoms with Crippen LogP contribution in [0.25, 0.3) is 0 Å². The Kier molecular flexibility index (Phi) is 9.94. The molecule has 0 spiro atoms. The SMILES string of the molecule is C/C(Nc1ccc(OC(F)(F)F)cc1)=C(\F)C(=N)N(C)CC1COCC(C)N1CCN1CCOCC1. The summed E-state index contributed by atoms with van der Waals surface area (Å²) in [5.74, 6) is -1.41. The molecule has 1 aromatic carbocycles. The summed E-state index contributed by atoms with van der Waals surface area (Å²) in [6.45, 7) is 10.2. The van der Waals surface area contributed by atoms with E-state index in [1.807, 2.05) is 0 Å². The summed E-state index contributed by atoms with van der Waals surface area (Å²) in [4.78, 5) is 6.28. The van der Waals surface area contributed by atoms with E-state index in [-0.39, 0.29) is 29.4 Å². The molecule has 8 nitrogen and oxygen atoms in total. The number of allylic oxidation sites excluding steroid dienone is 1. The molecule has 2 unspecified atom stereocenters. The maximum Gasteiger partial charge on any atom is 0.573 e. The fraction of sp³-hybridized carbons (Fsp3) is 0.625.